The van der Waals surface area contributed by atoms with Gasteiger partial charge in [-0.3, -0.25) is 0 Å². The molecule has 1 aromatic rings. The molecular weight excluding hydrogens is 202 g/mol. The molecule has 0 aliphatic carbocycles. The quantitative estimate of drug-likeness (QED) is 0.803. The molecule has 16 heavy (non-hydrogen) atoms. The molecule has 1 aliphatic rings. The van der Waals surface area contributed by atoms with E-state index in [1.807, 2.05) is 6.07 Å². The second-order valence-electron chi connectivity index (χ2n) is 4.73. The number of rotatable bonds is 2. The first-order valence-corrected chi connectivity index (χ1v) is 5.68. The zero-order chi connectivity index (χ0) is 11.7. The minimum absolute atomic E-state index is 0.440. The maximum Gasteiger partial charge on any atom is 0.336 e. The molecule has 3 nitrogen and oxygen atoms in total. The van der Waals surface area contributed by atoms with Crippen LogP contribution in [-0.4, -0.2) is 17.6 Å². The molecule has 86 valence electrons. The number of hydrogen-bond donors (Lipinski definition) is 2. The number of carboxylic acid groups (broad SMARTS) is 1. The minimum Gasteiger partial charge on any atom is -0.478 e. The summed E-state index contributed by atoms with van der Waals surface area (Å²) < 4.78 is 0. The van der Waals surface area contributed by atoms with Crippen LogP contribution in [0.5, 0.6) is 0 Å². The van der Waals surface area contributed by atoms with Crippen LogP contribution < -0.4 is 5.32 Å². The van der Waals surface area contributed by atoms with Gasteiger partial charge in [-0.2, -0.15) is 0 Å². The fourth-order valence-corrected chi connectivity index (χ4v) is 2.22. The van der Waals surface area contributed by atoms with Gasteiger partial charge in [0.05, 0.1) is 5.56 Å². The second kappa shape index (κ2) is 4.16. The lowest BCUT2D eigenvalue weighted by Crippen LogP contribution is -2.28. The van der Waals surface area contributed by atoms with Crippen LogP contribution in [-0.2, 0) is 6.42 Å². The van der Waals surface area contributed by atoms with Gasteiger partial charge < -0.3 is 10.4 Å². The van der Waals surface area contributed by atoms with Crippen molar-refractivity contribution in [2.45, 2.75) is 20.3 Å². The van der Waals surface area contributed by atoms with Crippen LogP contribution in [0.1, 0.15) is 29.8 Å². The molecular formula is C13H17NO2. The van der Waals surface area contributed by atoms with Gasteiger partial charge in [0.1, 0.15) is 0 Å². The SMILES string of the molecule is CC(C)C1CNc2cccc(C(=O)O)c2C1. The molecule has 0 spiro atoms. The van der Waals surface area contributed by atoms with Crippen LogP contribution in [0.15, 0.2) is 18.2 Å². The van der Waals surface area contributed by atoms with Crippen LogP contribution in [0.3, 0.4) is 0 Å². The normalized spacial score (nSPS) is 19.1. The van der Waals surface area contributed by atoms with Gasteiger partial charge in [0.15, 0.2) is 0 Å². The van der Waals surface area contributed by atoms with E-state index in [1.54, 1.807) is 12.1 Å². The highest BCUT2D eigenvalue weighted by atomic mass is 16.4. The summed E-state index contributed by atoms with van der Waals surface area (Å²) in [6.07, 6.45) is 0.864. The third-order valence-electron chi connectivity index (χ3n) is 3.37. The highest BCUT2D eigenvalue weighted by Crippen LogP contribution is 2.30. The Labute approximate surface area is 95.5 Å². The van der Waals surface area contributed by atoms with E-state index in [0.29, 0.717) is 17.4 Å². The molecule has 0 aromatic heterocycles. The van der Waals surface area contributed by atoms with Crippen molar-refractivity contribution in [3.8, 4) is 0 Å². The van der Waals surface area contributed by atoms with Crippen LogP contribution in [0.2, 0.25) is 0 Å². The van der Waals surface area contributed by atoms with Crippen LogP contribution >= 0.6 is 0 Å². The number of anilines is 1. The van der Waals surface area contributed by atoms with E-state index in [1.165, 1.54) is 0 Å². The van der Waals surface area contributed by atoms with Crippen molar-refractivity contribution in [3.63, 3.8) is 0 Å². The first-order valence-electron chi connectivity index (χ1n) is 5.68. The molecule has 0 saturated heterocycles. The van der Waals surface area contributed by atoms with Crippen molar-refractivity contribution in [1.82, 2.24) is 0 Å². The van der Waals surface area contributed by atoms with E-state index < -0.39 is 5.97 Å². The number of nitrogens with one attached hydrogen (secondary N) is 1. The molecule has 0 amide bonds. The van der Waals surface area contributed by atoms with Gasteiger partial charge in [0.2, 0.25) is 0 Å². The molecule has 0 bridgehead atoms. The summed E-state index contributed by atoms with van der Waals surface area (Å²) >= 11 is 0. The lowest BCUT2D eigenvalue weighted by atomic mass is 9.84. The van der Waals surface area contributed by atoms with Crippen LogP contribution in [0.4, 0.5) is 5.69 Å². The molecule has 1 unspecified atom stereocenters. The first kappa shape index (κ1) is 11.0. The summed E-state index contributed by atoms with van der Waals surface area (Å²) in [5.41, 5.74) is 2.38. The highest BCUT2D eigenvalue weighted by Gasteiger charge is 2.24. The summed E-state index contributed by atoms with van der Waals surface area (Å²) in [6.45, 7) is 5.30. The second-order valence-corrected chi connectivity index (χ2v) is 4.73. The zero-order valence-corrected chi connectivity index (χ0v) is 9.66. The molecule has 2 rings (SSSR count). The predicted octanol–water partition coefficient (Wildman–Crippen LogP) is 2.62. The van der Waals surface area contributed by atoms with E-state index in [-0.39, 0.29) is 0 Å². The predicted molar refractivity (Wildman–Crippen MR) is 63.9 cm³/mol. The number of aromatic carboxylic acids is 1. The smallest absolute Gasteiger partial charge is 0.336 e. The molecule has 1 atom stereocenters. The number of hydrogen-bond acceptors (Lipinski definition) is 2. The van der Waals surface area contributed by atoms with Gasteiger partial charge >= 0.3 is 5.97 Å². The van der Waals surface area contributed by atoms with Crippen molar-refractivity contribution >= 4 is 11.7 Å². The van der Waals surface area contributed by atoms with E-state index in [9.17, 15) is 4.79 Å². The average molecular weight is 219 g/mol. The topological polar surface area (TPSA) is 49.3 Å². The maximum absolute atomic E-state index is 11.1. The third kappa shape index (κ3) is 1.90. The Morgan fingerprint density at radius 3 is 2.88 bits per heavy atom. The third-order valence-corrected chi connectivity index (χ3v) is 3.37. The van der Waals surface area contributed by atoms with Crippen molar-refractivity contribution in [2.75, 3.05) is 11.9 Å². The summed E-state index contributed by atoms with van der Waals surface area (Å²) in [5.74, 6) is 0.263. The van der Waals surface area contributed by atoms with Crippen molar-refractivity contribution in [2.24, 2.45) is 11.8 Å². The highest BCUT2D eigenvalue weighted by molar-refractivity contribution is 5.91. The fourth-order valence-electron chi connectivity index (χ4n) is 2.22. The molecule has 1 aliphatic heterocycles. The first-order chi connectivity index (χ1) is 7.59. The van der Waals surface area contributed by atoms with Gasteiger partial charge in [-0.25, -0.2) is 4.79 Å². The summed E-state index contributed by atoms with van der Waals surface area (Å²) in [7, 11) is 0. The molecule has 1 heterocycles. The number of fused-ring (bicyclic) bond motifs is 1. The van der Waals surface area contributed by atoms with E-state index in [4.69, 9.17) is 5.11 Å². The molecule has 0 fully saturated rings. The minimum atomic E-state index is -0.831. The van der Waals surface area contributed by atoms with Gasteiger partial charge in [-0.1, -0.05) is 19.9 Å². The van der Waals surface area contributed by atoms with Crippen molar-refractivity contribution in [3.05, 3.63) is 29.3 Å². The average Bonchev–Trinajstić information content (AvgIpc) is 2.27. The Morgan fingerprint density at radius 2 is 2.25 bits per heavy atom. The molecule has 0 radical (unpaired) electrons. The van der Waals surface area contributed by atoms with Gasteiger partial charge in [-0.05, 0) is 36.0 Å². The standard InChI is InChI=1S/C13H17NO2/c1-8(2)9-6-11-10(13(15)16)4-3-5-12(11)14-7-9/h3-5,8-9,14H,6-7H2,1-2H3,(H,15,16). The molecule has 0 saturated carbocycles. The maximum atomic E-state index is 11.1. The largest absolute Gasteiger partial charge is 0.478 e. The molecule has 1 aromatic carbocycles. The van der Waals surface area contributed by atoms with Crippen LogP contribution in [0.25, 0.3) is 0 Å². The van der Waals surface area contributed by atoms with E-state index in [2.05, 4.69) is 19.2 Å². The van der Waals surface area contributed by atoms with Gasteiger partial charge in [-0.15, -0.1) is 0 Å². The number of carboxylic acids is 1. The summed E-state index contributed by atoms with van der Waals surface area (Å²) in [5, 5.41) is 12.5. The Balaban J connectivity index is 2.38. The molecule has 2 N–H and O–H groups in total. The Kier molecular flexibility index (Phi) is 2.86. The van der Waals surface area contributed by atoms with Crippen molar-refractivity contribution in [1.29, 1.82) is 0 Å². The Hall–Kier alpha value is -1.51. The monoisotopic (exact) mass is 219 g/mol. The lowest BCUT2D eigenvalue weighted by molar-refractivity contribution is 0.0695. The number of benzene rings is 1. The van der Waals surface area contributed by atoms with E-state index in [0.717, 1.165) is 24.2 Å². The Bertz CT molecular complexity index is 412. The summed E-state index contributed by atoms with van der Waals surface area (Å²) in [6, 6.07) is 5.44. The van der Waals surface area contributed by atoms with Crippen molar-refractivity contribution < 1.29 is 9.90 Å². The Morgan fingerprint density at radius 1 is 1.50 bits per heavy atom. The van der Waals surface area contributed by atoms with Crippen LogP contribution in [0, 0.1) is 11.8 Å². The fraction of sp³-hybridized carbons (Fsp3) is 0.462. The van der Waals surface area contributed by atoms with E-state index >= 15 is 0 Å². The lowest BCUT2D eigenvalue weighted by Gasteiger charge is -2.29. The molecule has 3 heteroatoms. The number of carbonyl (C=O) groups is 1. The summed E-state index contributed by atoms with van der Waals surface area (Å²) in [4.78, 5) is 11.1. The zero-order valence-electron chi connectivity index (χ0n) is 9.66. The van der Waals surface area contributed by atoms with Gasteiger partial charge in [0, 0.05) is 12.2 Å². The van der Waals surface area contributed by atoms with Gasteiger partial charge in [0.25, 0.3) is 0 Å².